The molecule has 0 bridgehead atoms. The number of benzene rings is 1. The Balaban J connectivity index is 2.39. The molecule has 0 aliphatic rings. The molecule has 0 aliphatic carbocycles. The number of hydrogen-bond donors (Lipinski definition) is 2. The number of carbonyl (C=O) groups excluding carboxylic acids is 1. The average molecular weight is 237 g/mol. The van der Waals surface area contributed by atoms with Gasteiger partial charge < -0.3 is 14.8 Å². The first kappa shape index (κ1) is 11.6. The molecule has 1 atom stereocenters. The van der Waals surface area contributed by atoms with Gasteiger partial charge in [-0.15, -0.1) is 0 Å². The molecule has 0 spiro atoms. The zero-order valence-electron chi connectivity index (χ0n) is 9.24. The maximum Gasteiger partial charge on any atom is 0.339 e. The van der Waals surface area contributed by atoms with Gasteiger partial charge in [0, 0.05) is 22.7 Å². The summed E-state index contributed by atoms with van der Waals surface area (Å²) < 4.78 is 17.7. The van der Waals surface area contributed by atoms with Crippen LogP contribution in [0.5, 0.6) is 0 Å². The highest BCUT2D eigenvalue weighted by molar-refractivity contribution is 5.89. The van der Waals surface area contributed by atoms with E-state index in [4.69, 9.17) is 4.74 Å². The van der Waals surface area contributed by atoms with Crippen LogP contribution in [0.4, 0.5) is 4.39 Å². The number of halogens is 1. The minimum absolute atomic E-state index is 0.201. The topological polar surface area (TPSA) is 62.3 Å². The number of rotatable bonds is 3. The second-order valence-corrected chi connectivity index (χ2v) is 3.59. The summed E-state index contributed by atoms with van der Waals surface area (Å²) in [5, 5.41) is 10.4. The molecule has 4 nitrogen and oxygen atoms in total. The zero-order valence-corrected chi connectivity index (χ0v) is 9.24. The Morgan fingerprint density at radius 3 is 3.06 bits per heavy atom. The SMILES string of the molecule is CCOC(=O)C(O)c1c[nH]c2cc(F)ccc12. The standard InChI is InChI=1S/C12H12FNO3/c1-2-17-12(16)11(15)9-6-14-10-5-7(13)3-4-8(9)10/h3-6,11,14-15H,2H2,1H3. The summed E-state index contributed by atoms with van der Waals surface area (Å²) in [6.45, 7) is 1.86. The zero-order chi connectivity index (χ0) is 12.4. The van der Waals surface area contributed by atoms with Gasteiger partial charge in [0.25, 0.3) is 0 Å². The Morgan fingerprint density at radius 2 is 2.35 bits per heavy atom. The summed E-state index contributed by atoms with van der Waals surface area (Å²) in [5.41, 5.74) is 0.918. The van der Waals surface area contributed by atoms with Crippen LogP contribution < -0.4 is 0 Å². The molecular formula is C12H12FNO3. The molecule has 1 unspecified atom stereocenters. The third-order valence-electron chi connectivity index (χ3n) is 2.48. The monoisotopic (exact) mass is 237 g/mol. The predicted octanol–water partition coefficient (Wildman–Crippen LogP) is 1.90. The molecule has 0 fully saturated rings. The van der Waals surface area contributed by atoms with Crippen LogP contribution in [-0.4, -0.2) is 22.7 Å². The average Bonchev–Trinajstić information content (AvgIpc) is 2.71. The van der Waals surface area contributed by atoms with Crippen molar-refractivity contribution in [1.29, 1.82) is 0 Å². The third kappa shape index (κ3) is 2.14. The molecule has 1 aromatic heterocycles. The van der Waals surface area contributed by atoms with Gasteiger partial charge in [0.15, 0.2) is 6.10 Å². The number of aliphatic hydroxyl groups excluding tert-OH is 1. The Bertz CT molecular complexity index is 550. The lowest BCUT2D eigenvalue weighted by Gasteiger charge is -2.08. The van der Waals surface area contributed by atoms with Crippen molar-refractivity contribution in [2.24, 2.45) is 0 Å². The van der Waals surface area contributed by atoms with E-state index in [1.165, 1.54) is 24.4 Å². The van der Waals surface area contributed by atoms with Crippen LogP contribution >= 0.6 is 0 Å². The number of ether oxygens (including phenoxy) is 1. The maximum absolute atomic E-state index is 13.0. The third-order valence-corrected chi connectivity index (χ3v) is 2.48. The fourth-order valence-electron chi connectivity index (χ4n) is 1.70. The minimum Gasteiger partial charge on any atom is -0.464 e. The fourth-order valence-corrected chi connectivity index (χ4v) is 1.70. The van der Waals surface area contributed by atoms with Gasteiger partial charge in [-0.3, -0.25) is 0 Å². The number of aromatic amines is 1. The molecule has 0 aliphatic heterocycles. The van der Waals surface area contributed by atoms with Crippen LogP contribution in [0.1, 0.15) is 18.6 Å². The Labute approximate surface area is 97.0 Å². The van der Waals surface area contributed by atoms with Gasteiger partial charge in [-0.2, -0.15) is 0 Å². The van der Waals surface area contributed by atoms with E-state index >= 15 is 0 Å². The van der Waals surface area contributed by atoms with E-state index in [0.717, 1.165) is 0 Å². The van der Waals surface area contributed by atoms with E-state index in [2.05, 4.69) is 4.98 Å². The molecule has 0 amide bonds. The first-order chi connectivity index (χ1) is 8.13. The van der Waals surface area contributed by atoms with Crippen molar-refractivity contribution < 1.29 is 19.0 Å². The molecule has 17 heavy (non-hydrogen) atoms. The minimum atomic E-state index is -1.35. The smallest absolute Gasteiger partial charge is 0.339 e. The van der Waals surface area contributed by atoms with E-state index < -0.39 is 12.1 Å². The van der Waals surface area contributed by atoms with Crippen molar-refractivity contribution in [2.75, 3.05) is 6.61 Å². The van der Waals surface area contributed by atoms with Gasteiger partial charge in [0.05, 0.1) is 6.61 Å². The molecule has 0 saturated heterocycles. The molecule has 2 aromatic rings. The quantitative estimate of drug-likeness (QED) is 0.801. The van der Waals surface area contributed by atoms with Crippen LogP contribution in [0.2, 0.25) is 0 Å². The maximum atomic E-state index is 13.0. The van der Waals surface area contributed by atoms with Crippen molar-refractivity contribution >= 4 is 16.9 Å². The van der Waals surface area contributed by atoms with Crippen molar-refractivity contribution in [2.45, 2.75) is 13.0 Å². The highest BCUT2D eigenvalue weighted by atomic mass is 19.1. The summed E-state index contributed by atoms with van der Waals surface area (Å²) in [6, 6.07) is 4.09. The predicted molar refractivity (Wildman–Crippen MR) is 59.8 cm³/mol. The molecule has 0 saturated carbocycles. The number of fused-ring (bicyclic) bond motifs is 1. The second kappa shape index (κ2) is 4.55. The molecule has 2 rings (SSSR count). The van der Waals surface area contributed by atoms with Crippen molar-refractivity contribution in [1.82, 2.24) is 4.98 Å². The number of hydrogen-bond acceptors (Lipinski definition) is 3. The van der Waals surface area contributed by atoms with E-state index in [-0.39, 0.29) is 12.4 Å². The van der Waals surface area contributed by atoms with Crippen LogP contribution in [0.3, 0.4) is 0 Å². The van der Waals surface area contributed by atoms with Gasteiger partial charge in [-0.05, 0) is 25.1 Å². The van der Waals surface area contributed by atoms with Gasteiger partial charge >= 0.3 is 5.97 Å². The number of H-pyrrole nitrogens is 1. The molecule has 90 valence electrons. The lowest BCUT2D eigenvalue weighted by molar-refractivity contribution is -0.153. The summed E-state index contributed by atoms with van der Waals surface area (Å²) in [5.74, 6) is -1.09. The number of aliphatic hydroxyl groups is 1. The van der Waals surface area contributed by atoms with Gasteiger partial charge in [0.1, 0.15) is 5.82 Å². The molecule has 5 heteroatoms. The molecule has 1 heterocycles. The van der Waals surface area contributed by atoms with Gasteiger partial charge in [0.2, 0.25) is 0 Å². The van der Waals surface area contributed by atoms with Crippen LogP contribution in [-0.2, 0) is 9.53 Å². The van der Waals surface area contributed by atoms with E-state index in [1.807, 2.05) is 0 Å². The molecule has 2 N–H and O–H groups in total. The first-order valence-electron chi connectivity index (χ1n) is 5.24. The Hall–Kier alpha value is -1.88. The largest absolute Gasteiger partial charge is 0.464 e. The van der Waals surface area contributed by atoms with Crippen LogP contribution in [0.15, 0.2) is 24.4 Å². The van der Waals surface area contributed by atoms with Gasteiger partial charge in [-0.1, -0.05) is 0 Å². The molecule has 0 radical (unpaired) electrons. The number of carbonyl (C=O) groups is 1. The fraction of sp³-hybridized carbons (Fsp3) is 0.250. The van der Waals surface area contributed by atoms with Gasteiger partial charge in [-0.25, -0.2) is 9.18 Å². The first-order valence-corrected chi connectivity index (χ1v) is 5.24. The summed E-state index contributed by atoms with van der Waals surface area (Å²) in [7, 11) is 0. The summed E-state index contributed by atoms with van der Waals surface area (Å²) in [4.78, 5) is 14.2. The van der Waals surface area contributed by atoms with Crippen molar-refractivity contribution in [3.8, 4) is 0 Å². The molecular weight excluding hydrogens is 225 g/mol. The van der Waals surface area contributed by atoms with E-state index in [9.17, 15) is 14.3 Å². The highest BCUT2D eigenvalue weighted by Crippen LogP contribution is 2.25. The van der Waals surface area contributed by atoms with E-state index in [1.54, 1.807) is 6.92 Å². The van der Waals surface area contributed by atoms with Crippen molar-refractivity contribution in [3.05, 3.63) is 35.8 Å². The normalized spacial score (nSPS) is 12.6. The van der Waals surface area contributed by atoms with Crippen molar-refractivity contribution in [3.63, 3.8) is 0 Å². The van der Waals surface area contributed by atoms with E-state index in [0.29, 0.717) is 16.5 Å². The number of aromatic nitrogens is 1. The summed E-state index contributed by atoms with van der Waals surface area (Å²) >= 11 is 0. The Kier molecular flexibility index (Phi) is 3.10. The number of nitrogens with one attached hydrogen (secondary N) is 1. The highest BCUT2D eigenvalue weighted by Gasteiger charge is 2.21. The lowest BCUT2D eigenvalue weighted by atomic mass is 10.1. The molecule has 1 aromatic carbocycles. The summed E-state index contributed by atoms with van der Waals surface area (Å²) in [6.07, 6.45) is 0.125. The second-order valence-electron chi connectivity index (χ2n) is 3.59. The van der Waals surface area contributed by atoms with Crippen LogP contribution in [0, 0.1) is 5.82 Å². The number of esters is 1. The Morgan fingerprint density at radius 1 is 1.59 bits per heavy atom. The van der Waals surface area contributed by atoms with Crippen LogP contribution in [0.25, 0.3) is 10.9 Å². The lowest BCUT2D eigenvalue weighted by Crippen LogP contribution is -2.14.